The zero-order chi connectivity index (χ0) is 19.2. The number of carbonyl (C=O) groups excluding carboxylic acids is 2. The maximum absolute atomic E-state index is 12.1. The van der Waals surface area contributed by atoms with Crippen LogP contribution in [0.3, 0.4) is 0 Å². The van der Waals surface area contributed by atoms with Gasteiger partial charge in [-0.05, 0) is 74.7 Å². The predicted octanol–water partition coefficient (Wildman–Crippen LogP) is 3.90. The Hall–Kier alpha value is -1.65. The Morgan fingerprint density at radius 2 is 1.93 bits per heavy atom. The number of hydrogen-bond donors (Lipinski definition) is 1. The van der Waals surface area contributed by atoms with Gasteiger partial charge in [0.05, 0.1) is 12.8 Å². The molecule has 0 aromatic carbocycles. The predicted molar refractivity (Wildman–Crippen MR) is 98.8 cm³/mol. The third-order valence-electron chi connectivity index (χ3n) is 8.03. The molecule has 0 heterocycles. The Morgan fingerprint density at radius 1 is 1.11 bits per heavy atom. The standard InChI is InChI=1S/C22H30O5/c1-22-11-10-16-15-5-3-14(23)12-13(15)2-4-17(16)18(22)6-7-19(22)27-21(26)9-8-20(24)25/h12,15-19H,2-11H2,1H3,(H,24,25)/t15-,16-,17+,18+,19-,22+/m1/s1. The molecule has 4 aliphatic carbocycles. The average Bonchev–Trinajstić information content (AvgIpc) is 2.96. The highest BCUT2D eigenvalue weighted by molar-refractivity contribution is 5.91. The summed E-state index contributed by atoms with van der Waals surface area (Å²) in [5.74, 6) is 1.48. The number of esters is 1. The summed E-state index contributed by atoms with van der Waals surface area (Å²) in [4.78, 5) is 34.6. The highest BCUT2D eigenvalue weighted by atomic mass is 16.5. The summed E-state index contributed by atoms with van der Waals surface area (Å²) in [6.07, 6.45) is 9.78. The Bertz CT molecular complexity index is 680. The molecule has 4 rings (SSSR count). The van der Waals surface area contributed by atoms with Crippen molar-refractivity contribution < 1.29 is 24.2 Å². The summed E-state index contributed by atoms with van der Waals surface area (Å²) >= 11 is 0. The third-order valence-corrected chi connectivity index (χ3v) is 8.03. The molecule has 1 N–H and O–H groups in total. The van der Waals surface area contributed by atoms with E-state index < -0.39 is 5.97 Å². The fourth-order valence-electron chi connectivity index (χ4n) is 6.75. The van der Waals surface area contributed by atoms with Crippen LogP contribution in [0.4, 0.5) is 0 Å². The summed E-state index contributed by atoms with van der Waals surface area (Å²) in [5.41, 5.74) is 1.41. The van der Waals surface area contributed by atoms with Gasteiger partial charge < -0.3 is 9.84 Å². The second-order valence-corrected chi connectivity index (χ2v) is 9.30. The molecule has 148 valence electrons. The van der Waals surface area contributed by atoms with Crippen molar-refractivity contribution in [2.24, 2.45) is 29.1 Å². The Morgan fingerprint density at radius 3 is 2.70 bits per heavy atom. The van der Waals surface area contributed by atoms with Gasteiger partial charge in [0.15, 0.2) is 5.78 Å². The Labute approximate surface area is 160 Å². The van der Waals surface area contributed by atoms with E-state index in [0.29, 0.717) is 35.9 Å². The molecule has 0 unspecified atom stereocenters. The van der Waals surface area contributed by atoms with Crippen molar-refractivity contribution in [1.82, 2.24) is 0 Å². The van der Waals surface area contributed by atoms with E-state index in [9.17, 15) is 14.4 Å². The molecule has 5 nitrogen and oxygen atoms in total. The van der Waals surface area contributed by atoms with Gasteiger partial charge in [-0.25, -0.2) is 0 Å². The average molecular weight is 374 g/mol. The summed E-state index contributed by atoms with van der Waals surface area (Å²) < 4.78 is 5.78. The Balaban J connectivity index is 1.45. The molecule has 4 aliphatic rings. The fraction of sp³-hybridized carbons (Fsp3) is 0.773. The normalized spacial score (nSPS) is 40.4. The molecule has 0 aromatic rings. The first-order valence-electron chi connectivity index (χ1n) is 10.5. The number of carboxylic acid groups (broad SMARTS) is 1. The first kappa shape index (κ1) is 18.7. The van der Waals surface area contributed by atoms with Gasteiger partial charge in [-0.15, -0.1) is 0 Å². The minimum atomic E-state index is -0.958. The van der Waals surface area contributed by atoms with Crippen molar-refractivity contribution in [1.29, 1.82) is 0 Å². The number of hydrogen-bond acceptors (Lipinski definition) is 4. The van der Waals surface area contributed by atoms with E-state index in [1.54, 1.807) is 0 Å². The molecule has 3 saturated carbocycles. The van der Waals surface area contributed by atoms with Crippen molar-refractivity contribution in [2.45, 2.75) is 77.2 Å². The first-order valence-corrected chi connectivity index (χ1v) is 10.5. The van der Waals surface area contributed by atoms with Crippen LogP contribution >= 0.6 is 0 Å². The lowest BCUT2D eigenvalue weighted by atomic mass is 9.52. The van der Waals surface area contributed by atoms with Crippen LogP contribution in [0, 0.1) is 29.1 Å². The van der Waals surface area contributed by atoms with Crippen molar-refractivity contribution >= 4 is 17.7 Å². The molecule has 0 aliphatic heterocycles. The van der Waals surface area contributed by atoms with E-state index in [1.807, 2.05) is 6.08 Å². The van der Waals surface area contributed by atoms with Crippen molar-refractivity contribution in [3.8, 4) is 0 Å². The zero-order valence-corrected chi connectivity index (χ0v) is 16.1. The zero-order valence-electron chi connectivity index (χ0n) is 16.1. The van der Waals surface area contributed by atoms with Crippen LogP contribution in [0.2, 0.25) is 0 Å². The highest BCUT2D eigenvalue weighted by Crippen LogP contribution is 2.62. The maximum Gasteiger partial charge on any atom is 0.306 e. The van der Waals surface area contributed by atoms with E-state index >= 15 is 0 Å². The highest BCUT2D eigenvalue weighted by Gasteiger charge is 2.57. The molecular formula is C22H30O5. The molecule has 27 heavy (non-hydrogen) atoms. The van der Waals surface area contributed by atoms with Crippen molar-refractivity contribution in [3.63, 3.8) is 0 Å². The summed E-state index contributed by atoms with van der Waals surface area (Å²) in [6, 6.07) is 0. The van der Waals surface area contributed by atoms with Crippen LogP contribution in [0.15, 0.2) is 11.6 Å². The molecule has 0 saturated heterocycles. The van der Waals surface area contributed by atoms with Gasteiger partial charge in [-0.1, -0.05) is 12.5 Å². The smallest absolute Gasteiger partial charge is 0.306 e. The number of carbonyl (C=O) groups is 3. The van der Waals surface area contributed by atoms with Gasteiger partial charge in [0.25, 0.3) is 0 Å². The molecule has 0 radical (unpaired) electrons. The van der Waals surface area contributed by atoms with Gasteiger partial charge >= 0.3 is 11.9 Å². The topological polar surface area (TPSA) is 80.7 Å². The number of allylic oxidation sites excluding steroid dienone is 1. The SMILES string of the molecule is C[C@]12CC[C@H]3[C@H](CCC4=CC(=O)CC[C@H]43)[C@@H]1CC[C@H]2OC(=O)CCC(=O)O. The molecule has 0 bridgehead atoms. The van der Waals surface area contributed by atoms with E-state index in [0.717, 1.165) is 44.9 Å². The maximum atomic E-state index is 12.1. The lowest BCUT2D eigenvalue weighted by molar-refractivity contribution is -0.160. The van der Waals surface area contributed by atoms with Gasteiger partial charge in [0.1, 0.15) is 6.10 Å². The number of carboxylic acids is 1. The second-order valence-electron chi connectivity index (χ2n) is 9.30. The Kier molecular flexibility index (Phi) is 4.89. The molecule has 5 heteroatoms. The van der Waals surface area contributed by atoms with E-state index in [-0.39, 0.29) is 30.3 Å². The fourth-order valence-corrected chi connectivity index (χ4v) is 6.75. The summed E-state index contributed by atoms with van der Waals surface area (Å²) in [6.45, 7) is 2.28. The van der Waals surface area contributed by atoms with Crippen molar-refractivity contribution in [3.05, 3.63) is 11.6 Å². The molecule has 0 spiro atoms. The minimum absolute atomic E-state index is 0.0196. The molecule has 3 fully saturated rings. The van der Waals surface area contributed by atoms with Crippen LogP contribution < -0.4 is 0 Å². The number of fused-ring (bicyclic) bond motifs is 5. The molecular weight excluding hydrogens is 344 g/mol. The monoisotopic (exact) mass is 374 g/mol. The van der Waals surface area contributed by atoms with Crippen LogP contribution in [0.5, 0.6) is 0 Å². The van der Waals surface area contributed by atoms with E-state index in [2.05, 4.69) is 6.92 Å². The summed E-state index contributed by atoms with van der Waals surface area (Å²) in [5, 5.41) is 8.77. The summed E-state index contributed by atoms with van der Waals surface area (Å²) in [7, 11) is 0. The number of ketones is 1. The van der Waals surface area contributed by atoms with Crippen LogP contribution in [-0.2, 0) is 19.1 Å². The largest absolute Gasteiger partial charge is 0.481 e. The second kappa shape index (κ2) is 7.06. The van der Waals surface area contributed by atoms with Crippen LogP contribution in [0.25, 0.3) is 0 Å². The van der Waals surface area contributed by atoms with Crippen molar-refractivity contribution in [2.75, 3.05) is 0 Å². The van der Waals surface area contributed by atoms with Gasteiger partial charge in [-0.2, -0.15) is 0 Å². The lowest BCUT2D eigenvalue weighted by Gasteiger charge is -2.53. The van der Waals surface area contributed by atoms with Gasteiger partial charge in [-0.3, -0.25) is 14.4 Å². The molecule has 0 aromatic heterocycles. The molecule has 0 amide bonds. The quantitative estimate of drug-likeness (QED) is 0.755. The number of aliphatic carboxylic acids is 1. The lowest BCUT2D eigenvalue weighted by Crippen LogP contribution is -2.48. The third kappa shape index (κ3) is 3.34. The number of ether oxygens (including phenoxy) is 1. The van der Waals surface area contributed by atoms with Crippen LogP contribution in [-0.4, -0.2) is 28.9 Å². The van der Waals surface area contributed by atoms with Gasteiger partial charge in [0.2, 0.25) is 0 Å². The number of rotatable bonds is 4. The van der Waals surface area contributed by atoms with Gasteiger partial charge in [0, 0.05) is 11.8 Å². The minimum Gasteiger partial charge on any atom is -0.481 e. The van der Waals surface area contributed by atoms with E-state index in [4.69, 9.17) is 9.84 Å². The van der Waals surface area contributed by atoms with Crippen LogP contribution in [0.1, 0.15) is 71.1 Å². The molecule has 6 atom stereocenters. The van der Waals surface area contributed by atoms with E-state index in [1.165, 1.54) is 5.57 Å². The first-order chi connectivity index (χ1) is 12.9.